The van der Waals surface area contributed by atoms with E-state index in [0.717, 1.165) is 24.8 Å². The van der Waals surface area contributed by atoms with Crippen LogP contribution in [0.15, 0.2) is 47.0 Å². The molecule has 0 spiro atoms. The molecule has 0 saturated carbocycles. The van der Waals surface area contributed by atoms with Crippen LogP contribution in [0.2, 0.25) is 0 Å². The second-order valence-electron chi connectivity index (χ2n) is 8.48. The van der Waals surface area contributed by atoms with Crippen molar-refractivity contribution in [1.82, 2.24) is 4.90 Å². The van der Waals surface area contributed by atoms with Gasteiger partial charge in [-0.2, -0.15) is 0 Å². The Labute approximate surface area is 204 Å². The summed E-state index contributed by atoms with van der Waals surface area (Å²) in [7, 11) is 0. The molecule has 2 atom stereocenters. The molecule has 1 heterocycles. The molecule has 1 aromatic carbocycles. The van der Waals surface area contributed by atoms with Gasteiger partial charge in [0, 0.05) is 29.8 Å². The van der Waals surface area contributed by atoms with E-state index in [4.69, 9.17) is 21.1 Å². The standard InChI is InChI=1S/C25H31ClFN3O4/c1-4-33-23(31)12-7-18-14-28-25(29-20-10-11-22(21(27)13-20)34-16(2)3)30(24(18)32)15-17-5-8-19(26)9-6-17/h5,7,10-13,16,18-19H,4,6,8-9,14-15H2,1-3H3,(H,28,29)/b12-7+. The maximum absolute atomic E-state index is 14.5. The highest BCUT2D eigenvalue weighted by Crippen LogP contribution is 2.26. The zero-order chi connectivity index (χ0) is 24.7. The van der Waals surface area contributed by atoms with Crippen molar-refractivity contribution in [3.63, 3.8) is 0 Å². The van der Waals surface area contributed by atoms with Gasteiger partial charge in [0.05, 0.1) is 25.2 Å². The highest BCUT2D eigenvalue weighted by atomic mass is 35.5. The lowest BCUT2D eigenvalue weighted by Crippen LogP contribution is -2.49. The van der Waals surface area contributed by atoms with Crippen LogP contribution in [0.5, 0.6) is 5.75 Å². The molecule has 184 valence electrons. The maximum Gasteiger partial charge on any atom is 0.330 e. The van der Waals surface area contributed by atoms with Gasteiger partial charge in [-0.15, -0.1) is 11.6 Å². The number of nitrogens with one attached hydrogen (secondary N) is 1. The average molecular weight is 492 g/mol. The maximum atomic E-state index is 14.5. The van der Waals surface area contributed by atoms with Gasteiger partial charge in [-0.25, -0.2) is 9.18 Å². The van der Waals surface area contributed by atoms with Crippen molar-refractivity contribution >= 4 is 35.1 Å². The largest absolute Gasteiger partial charge is 0.488 e. The molecule has 0 radical (unpaired) electrons. The molecule has 9 heteroatoms. The van der Waals surface area contributed by atoms with Gasteiger partial charge in [-0.3, -0.25) is 14.7 Å². The molecule has 2 aliphatic rings. The Bertz CT molecular complexity index is 992. The first-order chi connectivity index (χ1) is 16.3. The molecule has 3 rings (SSSR count). The first-order valence-electron chi connectivity index (χ1n) is 11.5. The summed E-state index contributed by atoms with van der Waals surface area (Å²) >= 11 is 6.21. The van der Waals surface area contributed by atoms with Crippen molar-refractivity contribution < 1.29 is 23.5 Å². The number of carbonyl (C=O) groups excluding carboxylic acids is 2. The summed E-state index contributed by atoms with van der Waals surface area (Å²) in [6, 6.07) is 4.53. The SMILES string of the molecule is CCOC(=O)/C=C/C1CN=C(Nc2ccc(OC(C)C)c(F)c2)N(CC2=CCC(Cl)CC2)C1=O. The van der Waals surface area contributed by atoms with Gasteiger partial charge in [-0.05, 0) is 52.2 Å². The number of alkyl halides is 1. The Balaban J connectivity index is 1.81. The Morgan fingerprint density at radius 1 is 1.41 bits per heavy atom. The van der Waals surface area contributed by atoms with Gasteiger partial charge in [0.1, 0.15) is 0 Å². The number of allylic oxidation sites excluding steroid dienone is 1. The number of esters is 1. The number of rotatable bonds is 8. The van der Waals surface area contributed by atoms with Crippen molar-refractivity contribution in [1.29, 1.82) is 0 Å². The average Bonchev–Trinajstić information content (AvgIpc) is 2.79. The number of anilines is 1. The summed E-state index contributed by atoms with van der Waals surface area (Å²) in [5, 5.41) is 3.18. The molecule has 0 fully saturated rings. The van der Waals surface area contributed by atoms with Crippen LogP contribution in [0.1, 0.15) is 40.0 Å². The molecule has 1 aliphatic heterocycles. The smallest absolute Gasteiger partial charge is 0.330 e. The molecule has 34 heavy (non-hydrogen) atoms. The molecule has 0 saturated heterocycles. The Kier molecular flexibility index (Phi) is 9.10. The minimum absolute atomic E-state index is 0.0990. The fourth-order valence-electron chi connectivity index (χ4n) is 3.70. The Hall–Kier alpha value is -2.87. The van der Waals surface area contributed by atoms with Crippen LogP contribution in [0.4, 0.5) is 10.1 Å². The van der Waals surface area contributed by atoms with Crippen LogP contribution in [0, 0.1) is 11.7 Å². The van der Waals surface area contributed by atoms with Gasteiger partial charge in [0.25, 0.3) is 0 Å². The highest BCUT2D eigenvalue weighted by molar-refractivity contribution is 6.20. The molecule has 0 aromatic heterocycles. The van der Waals surface area contributed by atoms with Crippen molar-refractivity contribution in [2.24, 2.45) is 10.9 Å². The van der Waals surface area contributed by atoms with Crippen LogP contribution < -0.4 is 10.1 Å². The number of carbonyl (C=O) groups is 2. The minimum Gasteiger partial charge on any atom is -0.488 e. The lowest BCUT2D eigenvalue weighted by molar-refractivity contribution is -0.137. The number of hydrogen-bond donors (Lipinski definition) is 1. The molecular formula is C25H31ClFN3O4. The molecule has 7 nitrogen and oxygen atoms in total. The molecule has 0 bridgehead atoms. The van der Waals surface area contributed by atoms with E-state index in [0.29, 0.717) is 18.2 Å². The monoisotopic (exact) mass is 491 g/mol. The fourth-order valence-corrected chi connectivity index (χ4v) is 3.90. The third kappa shape index (κ3) is 7.06. The molecule has 1 aromatic rings. The van der Waals surface area contributed by atoms with E-state index < -0.39 is 17.7 Å². The third-order valence-corrected chi connectivity index (χ3v) is 5.78. The van der Waals surface area contributed by atoms with Crippen LogP contribution in [0.3, 0.4) is 0 Å². The summed E-state index contributed by atoms with van der Waals surface area (Å²) in [4.78, 5) is 31.1. The summed E-state index contributed by atoms with van der Waals surface area (Å²) in [6.07, 6.45) is 7.05. The second-order valence-corrected chi connectivity index (χ2v) is 9.09. The van der Waals surface area contributed by atoms with E-state index in [-0.39, 0.29) is 36.3 Å². The van der Waals surface area contributed by atoms with E-state index in [1.165, 1.54) is 18.2 Å². The number of ether oxygens (including phenoxy) is 2. The second kappa shape index (κ2) is 12.0. The van der Waals surface area contributed by atoms with E-state index in [1.807, 2.05) is 13.8 Å². The van der Waals surface area contributed by atoms with E-state index >= 15 is 0 Å². The zero-order valence-electron chi connectivity index (χ0n) is 19.7. The number of amides is 1. The first-order valence-corrected chi connectivity index (χ1v) is 12.0. The molecule has 1 amide bonds. The molecule has 1 N–H and O–H groups in total. The van der Waals surface area contributed by atoms with Gasteiger partial charge < -0.3 is 14.8 Å². The van der Waals surface area contributed by atoms with Crippen molar-refractivity contribution in [3.05, 3.63) is 47.8 Å². The lowest BCUT2D eigenvalue weighted by atomic mass is 9.98. The normalized spacial score (nSPS) is 20.9. The van der Waals surface area contributed by atoms with E-state index in [9.17, 15) is 14.0 Å². The Morgan fingerprint density at radius 3 is 2.85 bits per heavy atom. The molecule has 1 aliphatic carbocycles. The number of aliphatic imine (C=N–C) groups is 1. The number of halogens is 2. The van der Waals surface area contributed by atoms with Crippen LogP contribution >= 0.6 is 11.6 Å². The summed E-state index contributed by atoms with van der Waals surface area (Å²) in [6.45, 7) is 6.13. The zero-order valence-corrected chi connectivity index (χ0v) is 20.5. The third-order valence-electron chi connectivity index (χ3n) is 5.38. The van der Waals surface area contributed by atoms with Crippen LogP contribution in [0.25, 0.3) is 0 Å². The lowest BCUT2D eigenvalue weighted by Gasteiger charge is -2.33. The number of benzene rings is 1. The van der Waals surface area contributed by atoms with E-state index in [1.54, 1.807) is 24.0 Å². The van der Waals surface area contributed by atoms with Crippen molar-refractivity contribution in [2.75, 3.05) is 25.0 Å². The summed E-state index contributed by atoms with van der Waals surface area (Å²) in [5.41, 5.74) is 1.53. The fraction of sp³-hybridized carbons (Fsp3) is 0.480. The first kappa shape index (κ1) is 25.7. The predicted octanol–water partition coefficient (Wildman–Crippen LogP) is 4.68. The van der Waals surface area contributed by atoms with Gasteiger partial charge >= 0.3 is 5.97 Å². The van der Waals surface area contributed by atoms with Gasteiger partial charge in [-0.1, -0.05) is 17.7 Å². The van der Waals surface area contributed by atoms with Crippen LogP contribution in [-0.2, 0) is 14.3 Å². The number of nitrogens with zero attached hydrogens (tertiary/aromatic N) is 2. The van der Waals surface area contributed by atoms with Crippen molar-refractivity contribution in [3.8, 4) is 5.75 Å². The topological polar surface area (TPSA) is 80.2 Å². The Morgan fingerprint density at radius 2 is 2.21 bits per heavy atom. The van der Waals surface area contributed by atoms with Crippen LogP contribution in [-0.4, -0.2) is 53.9 Å². The van der Waals surface area contributed by atoms with E-state index in [2.05, 4.69) is 16.4 Å². The highest BCUT2D eigenvalue weighted by Gasteiger charge is 2.32. The van der Waals surface area contributed by atoms with Crippen molar-refractivity contribution in [2.45, 2.75) is 51.5 Å². The minimum atomic E-state index is -0.599. The van der Waals surface area contributed by atoms with Gasteiger partial charge in [0.2, 0.25) is 11.9 Å². The summed E-state index contributed by atoms with van der Waals surface area (Å²) < 4.78 is 24.8. The van der Waals surface area contributed by atoms with Gasteiger partial charge in [0.15, 0.2) is 11.6 Å². The summed E-state index contributed by atoms with van der Waals surface area (Å²) in [5.74, 6) is -1.32. The number of hydrogen-bond acceptors (Lipinski definition) is 6. The molecular weight excluding hydrogens is 461 g/mol. The molecule has 2 unspecified atom stereocenters. The predicted molar refractivity (Wildman–Crippen MR) is 131 cm³/mol. The quantitative estimate of drug-likeness (QED) is 0.247. The number of guanidine groups is 1.